The molecule has 0 aliphatic rings. The molecule has 1 amide bonds. The molecule has 0 saturated heterocycles. The molecule has 1 aromatic heterocycles. The summed E-state index contributed by atoms with van der Waals surface area (Å²) < 4.78 is 4.90. The lowest BCUT2D eigenvalue weighted by molar-refractivity contribution is 0.0942. The van der Waals surface area contributed by atoms with Gasteiger partial charge in [0.2, 0.25) is 0 Å². The molecule has 2 rings (SSSR count). The van der Waals surface area contributed by atoms with E-state index in [0.29, 0.717) is 0 Å². The summed E-state index contributed by atoms with van der Waals surface area (Å²) in [7, 11) is 0. The van der Waals surface area contributed by atoms with Gasteiger partial charge in [0.15, 0.2) is 5.76 Å². The molecule has 0 aliphatic heterocycles. The van der Waals surface area contributed by atoms with Crippen LogP contribution in [0.15, 0.2) is 53.1 Å². The molecular formula is C12H9N2O2+. The Morgan fingerprint density at radius 3 is 2.69 bits per heavy atom. The number of amides is 1. The first-order valence-corrected chi connectivity index (χ1v) is 4.71. The van der Waals surface area contributed by atoms with Gasteiger partial charge in [0.05, 0.1) is 11.2 Å². The molecule has 0 fully saturated rings. The zero-order valence-electron chi connectivity index (χ0n) is 8.38. The SMILES string of the molecule is O=C(N[N+]#Cc1ccccc1)c1ccco1. The van der Waals surface area contributed by atoms with Crippen molar-refractivity contribution in [3.05, 3.63) is 65.0 Å². The molecule has 0 atom stereocenters. The molecule has 0 bridgehead atoms. The summed E-state index contributed by atoms with van der Waals surface area (Å²) in [6.07, 6.45) is 1.43. The second kappa shape index (κ2) is 4.80. The summed E-state index contributed by atoms with van der Waals surface area (Å²) in [5.41, 5.74) is 3.11. The third-order valence-electron chi connectivity index (χ3n) is 1.86. The predicted molar refractivity (Wildman–Crippen MR) is 59.0 cm³/mol. The van der Waals surface area contributed by atoms with E-state index >= 15 is 0 Å². The first-order valence-electron chi connectivity index (χ1n) is 4.71. The summed E-state index contributed by atoms with van der Waals surface area (Å²) in [4.78, 5) is 15.0. The number of carbonyl (C=O) groups excluding carboxylic acids is 1. The van der Waals surface area contributed by atoms with Gasteiger partial charge in [-0.25, -0.2) is 0 Å². The summed E-state index contributed by atoms with van der Waals surface area (Å²) in [6.45, 7) is 0. The fourth-order valence-electron chi connectivity index (χ4n) is 1.12. The summed E-state index contributed by atoms with van der Waals surface area (Å²) >= 11 is 0. The highest BCUT2D eigenvalue weighted by atomic mass is 16.3. The molecule has 0 radical (unpaired) electrons. The Labute approximate surface area is 92.3 Å². The molecular weight excluding hydrogens is 204 g/mol. The Morgan fingerprint density at radius 1 is 1.19 bits per heavy atom. The average molecular weight is 213 g/mol. The molecule has 0 saturated carbocycles. The molecule has 16 heavy (non-hydrogen) atoms. The molecule has 0 aliphatic carbocycles. The van der Waals surface area contributed by atoms with Gasteiger partial charge in [0.1, 0.15) is 5.56 Å². The van der Waals surface area contributed by atoms with Crippen LogP contribution in [0.4, 0.5) is 0 Å². The van der Waals surface area contributed by atoms with Crippen LogP contribution in [0.5, 0.6) is 0 Å². The maximum atomic E-state index is 11.4. The van der Waals surface area contributed by atoms with Crippen molar-refractivity contribution in [3.63, 3.8) is 0 Å². The van der Waals surface area contributed by atoms with Crippen LogP contribution in [0.3, 0.4) is 0 Å². The first kappa shape index (κ1) is 9.99. The van der Waals surface area contributed by atoms with E-state index in [-0.39, 0.29) is 5.76 Å². The first-order chi connectivity index (χ1) is 7.86. The maximum absolute atomic E-state index is 11.4. The van der Waals surface area contributed by atoms with Gasteiger partial charge in [-0.05, 0) is 29.7 Å². The van der Waals surface area contributed by atoms with Gasteiger partial charge in [-0.1, -0.05) is 18.2 Å². The van der Waals surface area contributed by atoms with Crippen molar-refractivity contribution in [2.75, 3.05) is 0 Å². The Hall–Kier alpha value is -2.54. The van der Waals surface area contributed by atoms with Crippen LogP contribution in [0, 0.1) is 6.07 Å². The molecule has 1 heterocycles. The van der Waals surface area contributed by atoms with Crippen molar-refractivity contribution >= 4 is 5.91 Å². The Bertz CT molecular complexity index is 521. The number of carbonyl (C=O) groups is 1. The van der Waals surface area contributed by atoms with E-state index in [1.807, 2.05) is 30.3 Å². The lowest BCUT2D eigenvalue weighted by Gasteiger charge is -1.82. The van der Waals surface area contributed by atoms with Crippen molar-refractivity contribution in [1.29, 1.82) is 0 Å². The van der Waals surface area contributed by atoms with Gasteiger partial charge in [-0.3, -0.25) is 4.79 Å². The van der Waals surface area contributed by atoms with Gasteiger partial charge < -0.3 is 4.42 Å². The van der Waals surface area contributed by atoms with Gasteiger partial charge in [0.25, 0.3) is 0 Å². The predicted octanol–water partition coefficient (Wildman–Crippen LogP) is 2.31. The quantitative estimate of drug-likeness (QED) is 0.739. The van der Waals surface area contributed by atoms with E-state index in [0.717, 1.165) is 5.56 Å². The number of rotatable bonds is 1. The number of nitrogens with one attached hydrogen (secondary N) is 1. The van der Waals surface area contributed by atoms with Crippen LogP contribution in [0.2, 0.25) is 0 Å². The van der Waals surface area contributed by atoms with Gasteiger partial charge >= 0.3 is 12.0 Å². The highest BCUT2D eigenvalue weighted by Crippen LogP contribution is 1.99. The minimum Gasteiger partial charge on any atom is -0.459 e. The van der Waals surface area contributed by atoms with Crippen LogP contribution in [-0.2, 0) is 0 Å². The Morgan fingerprint density at radius 2 is 2.00 bits per heavy atom. The van der Waals surface area contributed by atoms with E-state index in [4.69, 9.17) is 4.42 Å². The second-order valence-corrected chi connectivity index (χ2v) is 3.01. The van der Waals surface area contributed by atoms with Gasteiger partial charge in [-0.2, -0.15) is 0 Å². The van der Waals surface area contributed by atoms with Crippen LogP contribution < -0.4 is 5.43 Å². The smallest absolute Gasteiger partial charge is 0.357 e. The summed E-state index contributed by atoms with van der Waals surface area (Å²) in [5.74, 6) is -0.174. The van der Waals surface area contributed by atoms with Crippen molar-refractivity contribution in [2.24, 2.45) is 0 Å². The molecule has 78 valence electrons. The monoisotopic (exact) mass is 213 g/mol. The largest absolute Gasteiger partial charge is 0.459 e. The minimum atomic E-state index is -0.395. The zero-order chi connectivity index (χ0) is 11.2. The fourth-order valence-corrected chi connectivity index (χ4v) is 1.12. The highest BCUT2D eigenvalue weighted by molar-refractivity contribution is 5.91. The minimum absolute atomic E-state index is 0.221. The fraction of sp³-hybridized carbons (Fsp3) is 0. The van der Waals surface area contributed by atoms with E-state index < -0.39 is 5.91 Å². The normalized spacial score (nSPS) is 9.00. The van der Waals surface area contributed by atoms with E-state index in [2.05, 4.69) is 16.4 Å². The van der Waals surface area contributed by atoms with E-state index in [9.17, 15) is 4.79 Å². The molecule has 4 nitrogen and oxygen atoms in total. The number of furan rings is 1. The van der Waals surface area contributed by atoms with Crippen LogP contribution in [-0.4, -0.2) is 5.91 Å². The van der Waals surface area contributed by atoms with E-state index in [1.54, 1.807) is 12.1 Å². The lowest BCUT2D eigenvalue weighted by Crippen LogP contribution is -2.14. The Kier molecular flexibility index (Phi) is 3.00. The molecule has 0 spiro atoms. The molecule has 1 aromatic carbocycles. The zero-order valence-corrected chi connectivity index (χ0v) is 8.38. The number of nitrogens with zero attached hydrogens (tertiary/aromatic N) is 1. The standard InChI is InChI=1S/C12H8N2O2/c15-12(11-7-4-8-16-11)14-13-9-10-5-2-1-3-6-10/h1-8H/p+1. The Balaban J connectivity index is 1.98. The molecule has 0 unspecified atom stereocenters. The third-order valence-corrected chi connectivity index (χ3v) is 1.86. The van der Waals surface area contributed by atoms with Crippen LogP contribution in [0.25, 0.3) is 4.95 Å². The topological polar surface area (TPSA) is 46.6 Å². The maximum Gasteiger partial charge on any atom is 0.357 e. The highest BCUT2D eigenvalue weighted by Gasteiger charge is 2.11. The number of hydrogen-bond donors (Lipinski definition) is 1. The lowest BCUT2D eigenvalue weighted by atomic mass is 10.2. The third kappa shape index (κ3) is 2.49. The summed E-state index contributed by atoms with van der Waals surface area (Å²) in [6, 6.07) is 15.2. The summed E-state index contributed by atoms with van der Waals surface area (Å²) in [5, 5.41) is 0. The van der Waals surface area contributed by atoms with Crippen molar-refractivity contribution in [2.45, 2.75) is 0 Å². The van der Waals surface area contributed by atoms with E-state index in [1.165, 1.54) is 6.26 Å². The van der Waals surface area contributed by atoms with Gasteiger partial charge in [-0.15, -0.1) is 0 Å². The van der Waals surface area contributed by atoms with Crippen LogP contribution >= 0.6 is 0 Å². The van der Waals surface area contributed by atoms with Crippen LogP contribution in [0.1, 0.15) is 16.1 Å². The van der Waals surface area contributed by atoms with Crippen molar-refractivity contribution in [1.82, 2.24) is 5.43 Å². The molecule has 1 N–H and O–H groups in total. The molecule has 2 aromatic rings. The second-order valence-electron chi connectivity index (χ2n) is 3.01. The number of hydrogen-bond acceptors (Lipinski definition) is 2. The van der Waals surface area contributed by atoms with Crippen molar-refractivity contribution < 1.29 is 9.21 Å². The van der Waals surface area contributed by atoms with Crippen molar-refractivity contribution in [3.8, 4) is 6.07 Å². The van der Waals surface area contributed by atoms with Gasteiger partial charge in [0, 0.05) is 0 Å². The molecule has 4 heteroatoms. The average Bonchev–Trinajstić information content (AvgIpc) is 2.84. The number of benzene rings is 1.